The van der Waals surface area contributed by atoms with Gasteiger partial charge in [-0.25, -0.2) is 0 Å². The minimum Gasteiger partial charge on any atom is -0.361 e. The third-order valence-electron chi connectivity index (χ3n) is 5.82. The normalized spacial score (nSPS) is 18.7. The molecule has 2 heterocycles. The zero-order valence-electron chi connectivity index (χ0n) is 16.8. The van der Waals surface area contributed by atoms with Crippen LogP contribution in [-0.4, -0.2) is 45.8 Å². The second kappa shape index (κ2) is 8.07. The maximum Gasteiger partial charge on any atom is 0.255 e. The highest BCUT2D eigenvalue weighted by Gasteiger charge is 2.31. The number of carbonyl (C=O) groups is 2. The number of aromatic nitrogens is 2. The third kappa shape index (κ3) is 4.01. The summed E-state index contributed by atoms with van der Waals surface area (Å²) in [6, 6.07) is 12.2. The molecule has 4 rings (SSSR count). The van der Waals surface area contributed by atoms with Crippen LogP contribution in [0.4, 0.5) is 0 Å². The predicted octanol–water partition coefficient (Wildman–Crippen LogP) is 3.75. The first-order valence-corrected chi connectivity index (χ1v) is 10.1. The van der Waals surface area contributed by atoms with Crippen LogP contribution in [0, 0.1) is 0 Å². The highest BCUT2D eigenvalue weighted by atomic mass is 16.2. The average Bonchev–Trinajstić information content (AvgIpc) is 3.41. The molecule has 0 radical (unpaired) electrons. The van der Waals surface area contributed by atoms with E-state index in [0.29, 0.717) is 12.0 Å². The van der Waals surface area contributed by atoms with E-state index in [0.717, 1.165) is 41.4 Å². The zero-order chi connectivity index (χ0) is 20.4. The molecular formula is C23H26N4O2. The van der Waals surface area contributed by atoms with Gasteiger partial charge in [0.25, 0.3) is 5.91 Å². The van der Waals surface area contributed by atoms with Crippen LogP contribution in [0.1, 0.15) is 43.0 Å². The lowest BCUT2D eigenvalue weighted by Gasteiger charge is -2.25. The quantitative estimate of drug-likeness (QED) is 0.696. The van der Waals surface area contributed by atoms with Crippen LogP contribution in [0.15, 0.2) is 48.8 Å². The Balaban J connectivity index is 1.43. The molecule has 3 aromatic rings. The standard InChI is InChI=1S/C23H26N4O2/c1-3-22(28)26-18-6-7-19(13-18)27(2)23(29)17-5-9-21(25-14-17)15-4-8-20-16(12-15)10-11-24-20/h4-5,8-12,14,18-19,24H,3,6-7,13H2,1-2H3,(H,26,28). The summed E-state index contributed by atoms with van der Waals surface area (Å²) in [5.74, 6) is 0.0415. The van der Waals surface area contributed by atoms with Gasteiger partial charge in [0.2, 0.25) is 5.91 Å². The van der Waals surface area contributed by atoms with Crippen LogP contribution in [0.5, 0.6) is 0 Å². The van der Waals surface area contributed by atoms with Gasteiger partial charge in [-0.15, -0.1) is 0 Å². The van der Waals surface area contributed by atoms with Gasteiger partial charge in [0.05, 0.1) is 11.3 Å². The van der Waals surface area contributed by atoms with Gasteiger partial charge in [0.15, 0.2) is 0 Å². The number of hydrogen-bond donors (Lipinski definition) is 2. The third-order valence-corrected chi connectivity index (χ3v) is 5.82. The molecule has 2 aromatic heterocycles. The smallest absolute Gasteiger partial charge is 0.255 e. The molecule has 1 aromatic carbocycles. The van der Waals surface area contributed by atoms with Gasteiger partial charge in [0.1, 0.15) is 0 Å². The Morgan fingerprint density at radius 1 is 1.21 bits per heavy atom. The number of nitrogens with zero attached hydrogens (tertiary/aromatic N) is 2. The summed E-state index contributed by atoms with van der Waals surface area (Å²) in [5, 5.41) is 4.17. The average molecular weight is 390 g/mol. The predicted molar refractivity (Wildman–Crippen MR) is 113 cm³/mol. The molecule has 29 heavy (non-hydrogen) atoms. The van der Waals surface area contributed by atoms with E-state index in [1.165, 1.54) is 0 Å². The van der Waals surface area contributed by atoms with Crippen molar-refractivity contribution in [2.24, 2.45) is 0 Å². The summed E-state index contributed by atoms with van der Waals surface area (Å²) >= 11 is 0. The highest BCUT2D eigenvalue weighted by Crippen LogP contribution is 2.26. The Bertz CT molecular complexity index is 1020. The van der Waals surface area contributed by atoms with E-state index in [9.17, 15) is 9.59 Å². The SMILES string of the molecule is CCC(=O)NC1CCC(N(C)C(=O)c2ccc(-c3ccc4[nH]ccc4c3)nc2)C1. The first-order chi connectivity index (χ1) is 14.0. The fraction of sp³-hybridized carbons (Fsp3) is 0.348. The largest absolute Gasteiger partial charge is 0.361 e. The summed E-state index contributed by atoms with van der Waals surface area (Å²) in [5.41, 5.74) is 3.54. The van der Waals surface area contributed by atoms with Crippen LogP contribution in [-0.2, 0) is 4.79 Å². The molecule has 1 aliphatic rings. The number of aromatic amines is 1. The van der Waals surface area contributed by atoms with E-state index in [4.69, 9.17) is 0 Å². The fourth-order valence-corrected chi connectivity index (χ4v) is 4.04. The Kier molecular flexibility index (Phi) is 5.34. The highest BCUT2D eigenvalue weighted by molar-refractivity contribution is 5.94. The van der Waals surface area contributed by atoms with Gasteiger partial charge in [-0.1, -0.05) is 13.0 Å². The van der Waals surface area contributed by atoms with Gasteiger partial charge in [-0.05, 0) is 49.6 Å². The number of benzene rings is 1. The van der Waals surface area contributed by atoms with Crippen LogP contribution < -0.4 is 5.32 Å². The van der Waals surface area contributed by atoms with E-state index in [2.05, 4.69) is 21.4 Å². The minimum atomic E-state index is -0.0300. The molecule has 2 amide bonds. The number of H-pyrrole nitrogens is 1. The maximum absolute atomic E-state index is 12.9. The Labute approximate surface area is 170 Å². The van der Waals surface area contributed by atoms with Crippen molar-refractivity contribution in [2.45, 2.75) is 44.7 Å². The van der Waals surface area contributed by atoms with Gasteiger partial charge in [-0.3, -0.25) is 14.6 Å². The Morgan fingerprint density at radius 2 is 2.07 bits per heavy atom. The first-order valence-electron chi connectivity index (χ1n) is 10.1. The van der Waals surface area contributed by atoms with Crippen molar-refractivity contribution in [2.75, 3.05) is 7.05 Å². The molecule has 0 aliphatic heterocycles. The molecule has 2 N–H and O–H groups in total. The topological polar surface area (TPSA) is 78.1 Å². The second-order valence-corrected chi connectivity index (χ2v) is 7.71. The molecule has 150 valence electrons. The molecule has 1 aliphatic carbocycles. The minimum absolute atomic E-state index is 0.0300. The van der Waals surface area contributed by atoms with Crippen molar-refractivity contribution in [3.63, 3.8) is 0 Å². The summed E-state index contributed by atoms with van der Waals surface area (Å²) in [4.78, 5) is 34.0. The van der Waals surface area contributed by atoms with Crippen molar-refractivity contribution in [3.05, 3.63) is 54.4 Å². The van der Waals surface area contributed by atoms with Crippen LogP contribution in [0.25, 0.3) is 22.2 Å². The van der Waals surface area contributed by atoms with Crippen LogP contribution in [0.2, 0.25) is 0 Å². The van der Waals surface area contributed by atoms with Crippen LogP contribution >= 0.6 is 0 Å². The number of pyridine rings is 1. The number of hydrogen-bond acceptors (Lipinski definition) is 3. The second-order valence-electron chi connectivity index (χ2n) is 7.71. The van der Waals surface area contributed by atoms with Crippen LogP contribution in [0.3, 0.4) is 0 Å². The van der Waals surface area contributed by atoms with Gasteiger partial charge in [0, 0.05) is 54.4 Å². The van der Waals surface area contributed by atoms with E-state index < -0.39 is 0 Å². The molecule has 0 bridgehead atoms. The number of fused-ring (bicyclic) bond motifs is 1. The molecule has 2 unspecified atom stereocenters. The van der Waals surface area contributed by atoms with E-state index in [1.807, 2.05) is 50.5 Å². The molecule has 6 nitrogen and oxygen atoms in total. The van der Waals surface area contributed by atoms with Crippen molar-refractivity contribution in [1.82, 2.24) is 20.2 Å². The number of carbonyl (C=O) groups excluding carboxylic acids is 2. The van der Waals surface area contributed by atoms with E-state index >= 15 is 0 Å². The summed E-state index contributed by atoms with van der Waals surface area (Å²) in [6.07, 6.45) is 6.68. The number of rotatable bonds is 5. The molecule has 2 atom stereocenters. The summed E-state index contributed by atoms with van der Waals surface area (Å²) in [7, 11) is 1.84. The Morgan fingerprint density at radius 3 is 2.83 bits per heavy atom. The van der Waals surface area contributed by atoms with E-state index in [1.54, 1.807) is 11.1 Å². The van der Waals surface area contributed by atoms with E-state index in [-0.39, 0.29) is 23.9 Å². The monoisotopic (exact) mass is 390 g/mol. The Hall–Kier alpha value is -3.15. The van der Waals surface area contributed by atoms with Crippen molar-refractivity contribution in [1.29, 1.82) is 0 Å². The fourth-order valence-electron chi connectivity index (χ4n) is 4.04. The molecule has 1 saturated carbocycles. The summed E-state index contributed by atoms with van der Waals surface area (Å²) in [6.45, 7) is 1.85. The zero-order valence-corrected chi connectivity index (χ0v) is 16.8. The summed E-state index contributed by atoms with van der Waals surface area (Å²) < 4.78 is 0. The van der Waals surface area contributed by atoms with Gasteiger partial charge >= 0.3 is 0 Å². The maximum atomic E-state index is 12.9. The van der Waals surface area contributed by atoms with Gasteiger partial charge in [-0.2, -0.15) is 0 Å². The molecular weight excluding hydrogens is 364 g/mol. The molecule has 1 fully saturated rings. The van der Waals surface area contributed by atoms with Crippen molar-refractivity contribution < 1.29 is 9.59 Å². The molecule has 6 heteroatoms. The number of amides is 2. The van der Waals surface area contributed by atoms with Gasteiger partial charge < -0.3 is 15.2 Å². The van der Waals surface area contributed by atoms with Crippen molar-refractivity contribution >= 4 is 22.7 Å². The number of nitrogens with one attached hydrogen (secondary N) is 2. The lowest BCUT2D eigenvalue weighted by molar-refractivity contribution is -0.121. The van der Waals surface area contributed by atoms with Crippen molar-refractivity contribution in [3.8, 4) is 11.3 Å². The first kappa shape index (κ1) is 19.2. The molecule has 0 spiro atoms. The lowest BCUT2D eigenvalue weighted by Crippen LogP contribution is -2.38. The molecule has 0 saturated heterocycles. The lowest BCUT2D eigenvalue weighted by atomic mass is 10.1.